The smallest absolute Gasteiger partial charge is 0.123 e. The molecule has 0 saturated carbocycles. The first kappa shape index (κ1) is 15.0. The molecular formula is C14H19BrN2O. The van der Waals surface area contributed by atoms with Gasteiger partial charge in [-0.3, -0.25) is 0 Å². The van der Waals surface area contributed by atoms with E-state index < -0.39 is 0 Å². The number of methoxy groups -OCH3 is 1. The fourth-order valence-corrected chi connectivity index (χ4v) is 2.34. The molecule has 0 fully saturated rings. The summed E-state index contributed by atoms with van der Waals surface area (Å²) in [6, 6.07) is 8.27. The number of ether oxygens (including phenoxy) is 1. The van der Waals surface area contributed by atoms with E-state index in [0.29, 0.717) is 0 Å². The molecule has 0 atom stereocenters. The largest absolute Gasteiger partial charge is 0.496 e. The minimum atomic E-state index is -0.339. The highest BCUT2D eigenvalue weighted by Crippen LogP contribution is 2.25. The molecule has 0 spiro atoms. The zero-order valence-corrected chi connectivity index (χ0v) is 12.9. The van der Waals surface area contributed by atoms with Crippen LogP contribution in [0.25, 0.3) is 0 Å². The minimum Gasteiger partial charge on any atom is -0.496 e. The fraction of sp³-hybridized carbons (Fsp3) is 0.500. The van der Waals surface area contributed by atoms with Crippen LogP contribution in [0.1, 0.15) is 19.4 Å². The summed E-state index contributed by atoms with van der Waals surface area (Å²) in [5, 5.41) is 9.05. The molecule has 0 unspecified atom stereocenters. The number of nitriles is 1. The molecule has 1 aromatic carbocycles. The number of rotatable bonds is 5. The Labute approximate surface area is 117 Å². The maximum absolute atomic E-state index is 9.05. The number of nitrogens with zero attached hydrogens (tertiary/aromatic N) is 2. The SMILES string of the molecule is COc1ccc(Br)cc1CN(C)CC(C)(C)C#N. The molecule has 0 bridgehead atoms. The first-order valence-corrected chi connectivity index (χ1v) is 6.59. The monoisotopic (exact) mass is 310 g/mol. The van der Waals surface area contributed by atoms with Crippen molar-refractivity contribution in [2.45, 2.75) is 20.4 Å². The van der Waals surface area contributed by atoms with E-state index in [4.69, 9.17) is 10.00 Å². The van der Waals surface area contributed by atoms with Gasteiger partial charge in [0.05, 0.1) is 18.6 Å². The van der Waals surface area contributed by atoms with Crippen LogP contribution >= 0.6 is 15.9 Å². The third-order valence-electron chi connectivity index (χ3n) is 2.65. The van der Waals surface area contributed by atoms with E-state index in [1.807, 2.05) is 33.0 Å². The fourth-order valence-electron chi connectivity index (χ4n) is 1.93. The zero-order chi connectivity index (χ0) is 13.8. The van der Waals surface area contributed by atoms with Crippen molar-refractivity contribution in [2.24, 2.45) is 5.41 Å². The summed E-state index contributed by atoms with van der Waals surface area (Å²) in [4.78, 5) is 2.13. The molecule has 1 aromatic rings. The van der Waals surface area contributed by atoms with Gasteiger partial charge >= 0.3 is 0 Å². The normalized spacial score (nSPS) is 11.4. The Morgan fingerprint density at radius 3 is 2.67 bits per heavy atom. The van der Waals surface area contributed by atoms with Crippen LogP contribution in [0.4, 0.5) is 0 Å². The van der Waals surface area contributed by atoms with Crippen LogP contribution in [0.2, 0.25) is 0 Å². The average Bonchev–Trinajstić information content (AvgIpc) is 2.28. The van der Waals surface area contributed by atoms with E-state index >= 15 is 0 Å². The Balaban J connectivity index is 2.79. The predicted molar refractivity (Wildman–Crippen MR) is 76.4 cm³/mol. The van der Waals surface area contributed by atoms with Gasteiger partial charge in [-0.15, -0.1) is 0 Å². The lowest BCUT2D eigenvalue weighted by Crippen LogP contribution is -2.30. The van der Waals surface area contributed by atoms with Gasteiger partial charge < -0.3 is 9.64 Å². The van der Waals surface area contributed by atoms with Gasteiger partial charge in [-0.25, -0.2) is 0 Å². The van der Waals surface area contributed by atoms with E-state index in [0.717, 1.165) is 28.9 Å². The summed E-state index contributed by atoms with van der Waals surface area (Å²) in [5.74, 6) is 0.875. The maximum Gasteiger partial charge on any atom is 0.123 e. The van der Waals surface area contributed by atoms with Gasteiger partial charge in [0.15, 0.2) is 0 Å². The van der Waals surface area contributed by atoms with Gasteiger partial charge in [-0.2, -0.15) is 5.26 Å². The first-order chi connectivity index (χ1) is 8.38. The minimum absolute atomic E-state index is 0.339. The van der Waals surface area contributed by atoms with Crippen molar-refractivity contribution >= 4 is 15.9 Å². The Kier molecular flexibility index (Phi) is 5.18. The second kappa shape index (κ2) is 6.21. The van der Waals surface area contributed by atoms with Crippen molar-refractivity contribution in [3.63, 3.8) is 0 Å². The van der Waals surface area contributed by atoms with Gasteiger partial charge in [0.2, 0.25) is 0 Å². The van der Waals surface area contributed by atoms with Crippen LogP contribution in [0.15, 0.2) is 22.7 Å². The third-order valence-corrected chi connectivity index (χ3v) is 3.14. The molecule has 0 heterocycles. The van der Waals surface area contributed by atoms with Crippen LogP contribution in [0.5, 0.6) is 5.75 Å². The molecule has 1 rings (SSSR count). The highest BCUT2D eigenvalue weighted by atomic mass is 79.9. The Bertz CT molecular complexity index is 452. The van der Waals surface area contributed by atoms with Crippen molar-refractivity contribution in [1.82, 2.24) is 4.90 Å². The second-order valence-electron chi connectivity index (χ2n) is 5.12. The molecule has 0 N–H and O–H groups in total. The van der Waals surface area contributed by atoms with Crippen LogP contribution in [-0.4, -0.2) is 25.6 Å². The summed E-state index contributed by atoms with van der Waals surface area (Å²) in [6.07, 6.45) is 0. The van der Waals surface area contributed by atoms with E-state index in [-0.39, 0.29) is 5.41 Å². The van der Waals surface area contributed by atoms with Crippen molar-refractivity contribution in [1.29, 1.82) is 5.26 Å². The Morgan fingerprint density at radius 1 is 1.44 bits per heavy atom. The lowest BCUT2D eigenvalue weighted by atomic mass is 9.95. The van der Waals surface area contributed by atoms with E-state index in [2.05, 4.69) is 33.0 Å². The average molecular weight is 311 g/mol. The predicted octanol–water partition coefficient (Wildman–Crippen LogP) is 3.44. The molecule has 0 aliphatic rings. The summed E-state index contributed by atoms with van der Waals surface area (Å²) >= 11 is 3.46. The second-order valence-corrected chi connectivity index (χ2v) is 6.04. The van der Waals surface area contributed by atoms with E-state index in [1.165, 1.54) is 0 Å². The summed E-state index contributed by atoms with van der Waals surface area (Å²) < 4.78 is 6.38. The quantitative estimate of drug-likeness (QED) is 0.836. The lowest BCUT2D eigenvalue weighted by molar-refractivity contribution is 0.245. The molecule has 0 radical (unpaired) electrons. The Morgan fingerprint density at radius 2 is 2.11 bits per heavy atom. The lowest BCUT2D eigenvalue weighted by Gasteiger charge is -2.25. The molecule has 4 heteroatoms. The van der Waals surface area contributed by atoms with Gasteiger partial charge in [0, 0.05) is 23.1 Å². The molecule has 3 nitrogen and oxygen atoms in total. The maximum atomic E-state index is 9.05. The molecule has 0 aromatic heterocycles. The molecule has 0 aliphatic heterocycles. The number of benzene rings is 1. The van der Waals surface area contributed by atoms with Crippen LogP contribution in [0, 0.1) is 16.7 Å². The first-order valence-electron chi connectivity index (χ1n) is 5.80. The topological polar surface area (TPSA) is 36.3 Å². The molecule has 98 valence electrons. The molecule has 0 saturated heterocycles. The summed E-state index contributed by atoms with van der Waals surface area (Å²) in [5.41, 5.74) is 0.775. The molecular weight excluding hydrogens is 292 g/mol. The van der Waals surface area contributed by atoms with Crippen molar-refractivity contribution in [3.05, 3.63) is 28.2 Å². The zero-order valence-electron chi connectivity index (χ0n) is 11.3. The van der Waals surface area contributed by atoms with Crippen molar-refractivity contribution in [2.75, 3.05) is 20.7 Å². The van der Waals surface area contributed by atoms with E-state index in [1.54, 1.807) is 7.11 Å². The Hall–Kier alpha value is -1.05. The van der Waals surface area contributed by atoms with Gasteiger partial charge in [-0.1, -0.05) is 15.9 Å². The standard InChI is InChI=1S/C14H19BrN2O/c1-14(2,9-16)10-17(3)8-11-7-12(15)5-6-13(11)18-4/h5-7H,8,10H2,1-4H3. The molecule has 0 amide bonds. The molecule has 18 heavy (non-hydrogen) atoms. The number of halogens is 1. The summed E-state index contributed by atoms with van der Waals surface area (Å²) in [6.45, 7) is 5.37. The highest BCUT2D eigenvalue weighted by molar-refractivity contribution is 9.10. The highest BCUT2D eigenvalue weighted by Gasteiger charge is 2.19. The van der Waals surface area contributed by atoms with Crippen molar-refractivity contribution < 1.29 is 4.74 Å². The number of hydrogen-bond donors (Lipinski definition) is 0. The van der Waals surface area contributed by atoms with Gasteiger partial charge in [-0.05, 0) is 39.1 Å². The third kappa shape index (κ3) is 4.32. The van der Waals surface area contributed by atoms with Crippen LogP contribution in [-0.2, 0) is 6.54 Å². The number of hydrogen-bond acceptors (Lipinski definition) is 3. The van der Waals surface area contributed by atoms with Crippen molar-refractivity contribution in [3.8, 4) is 11.8 Å². The van der Waals surface area contributed by atoms with E-state index in [9.17, 15) is 0 Å². The van der Waals surface area contributed by atoms with Crippen LogP contribution in [0.3, 0.4) is 0 Å². The van der Waals surface area contributed by atoms with Crippen LogP contribution < -0.4 is 4.74 Å². The molecule has 0 aliphatic carbocycles. The van der Waals surface area contributed by atoms with Gasteiger partial charge in [0.1, 0.15) is 5.75 Å². The van der Waals surface area contributed by atoms with Gasteiger partial charge in [0.25, 0.3) is 0 Å². The summed E-state index contributed by atoms with van der Waals surface area (Å²) in [7, 11) is 3.69.